The van der Waals surface area contributed by atoms with Crippen LogP contribution >= 0.6 is 0 Å². The number of amides is 4. The van der Waals surface area contributed by atoms with Crippen molar-refractivity contribution in [3.63, 3.8) is 0 Å². The molecule has 0 bridgehead atoms. The second-order valence-electron chi connectivity index (χ2n) is 6.92. The van der Waals surface area contributed by atoms with E-state index in [1.54, 1.807) is 13.8 Å². The molecule has 2 fully saturated rings. The summed E-state index contributed by atoms with van der Waals surface area (Å²) in [6.07, 6.45) is 4.25. The van der Waals surface area contributed by atoms with Crippen molar-refractivity contribution in [2.24, 2.45) is 0 Å². The van der Waals surface area contributed by atoms with Crippen LogP contribution in [-0.4, -0.2) is 52.9 Å². The van der Waals surface area contributed by atoms with Gasteiger partial charge in [-0.2, -0.15) is 0 Å². The largest absolute Gasteiger partial charge is 0.451 e. The van der Waals surface area contributed by atoms with Gasteiger partial charge in [-0.25, -0.2) is 4.79 Å². The van der Waals surface area contributed by atoms with Gasteiger partial charge in [0.1, 0.15) is 12.1 Å². The topological polar surface area (TPSA) is 105 Å². The van der Waals surface area contributed by atoms with Gasteiger partial charge in [-0.15, -0.1) is 0 Å². The number of ether oxygens (including phenoxy) is 1. The fourth-order valence-corrected chi connectivity index (χ4v) is 2.94. The van der Waals surface area contributed by atoms with Crippen molar-refractivity contribution in [3.8, 4) is 0 Å². The van der Waals surface area contributed by atoms with E-state index in [0.717, 1.165) is 30.6 Å². The van der Waals surface area contributed by atoms with Crippen molar-refractivity contribution >= 4 is 23.8 Å². The van der Waals surface area contributed by atoms with E-state index in [9.17, 15) is 19.2 Å². The van der Waals surface area contributed by atoms with E-state index < -0.39 is 36.1 Å². The fourth-order valence-electron chi connectivity index (χ4n) is 2.94. The Hall–Kier alpha value is -2.12. The Morgan fingerprint density at radius 2 is 1.92 bits per heavy atom. The Morgan fingerprint density at radius 1 is 1.29 bits per heavy atom. The molecule has 1 aliphatic carbocycles. The number of urea groups is 1. The van der Waals surface area contributed by atoms with Crippen LogP contribution in [0.1, 0.15) is 52.9 Å². The van der Waals surface area contributed by atoms with Crippen molar-refractivity contribution in [3.05, 3.63) is 0 Å². The predicted octanol–water partition coefficient (Wildman–Crippen LogP) is 0.697. The Bertz CT molecular complexity index is 540. The van der Waals surface area contributed by atoms with E-state index in [4.69, 9.17) is 4.74 Å². The Balaban J connectivity index is 1.82. The molecule has 0 aromatic carbocycles. The number of carbonyl (C=O) groups excluding carboxylic acids is 4. The molecule has 1 saturated heterocycles. The van der Waals surface area contributed by atoms with Crippen molar-refractivity contribution in [1.29, 1.82) is 0 Å². The summed E-state index contributed by atoms with van der Waals surface area (Å²) in [6, 6.07) is -0.514. The standard InChI is InChI=1S/C16H25N3O5/c1-10(13(21)17-11-7-5-4-6-8-11)24-12(20)9-19-14(22)16(2,3)18-15(19)23/h10-11H,4-9H2,1-3H3,(H,17,21)(H,18,23)/t10-/m0/s1. The van der Waals surface area contributed by atoms with Gasteiger partial charge in [0.25, 0.3) is 11.8 Å². The average molecular weight is 339 g/mol. The van der Waals surface area contributed by atoms with Gasteiger partial charge in [-0.3, -0.25) is 19.3 Å². The van der Waals surface area contributed by atoms with E-state index in [-0.39, 0.29) is 11.9 Å². The zero-order valence-corrected chi connectivity index (χ0v) is 14.4. The maximum atomic E-state index is 12.1. The molecule has 0 aromatic heterocycles. The zero-order valence-electron chi connectivity index (χ0n) is 14.4. The Labute approximate surface area is 141 Å². The highest BCUT2D eigenvalue weighted by Gasteiger charge is 2.45. The zero-order chi connectivity index (χ0) is 17.9. The summed E-state index contributed by atoms with van der Waals surface area (Å²) < 4.78 is 5.06. The first-order valence-corrected chi connectivity index (χ1v) is 8.34. The minimum absolute atomic E-state index is 0.124. The van der Waals surface area contributed by atoms with Gasteiger partial charge in [0.2, 0.25) is 0 Å². The van der Waals surface area contributed by atoms with Crippen LogP contribution in [0.3, 0.4) is 0 Å². The van der Waals surface area contributed by atoms with Crippen molar-refractivity contribution in [1.82, 2.24) is 15.5 Å². The molecular formula is C16H25N3O5. The molecule has 0 unspecified atom stereocenters. The van der Waals surface area contributed by atoms with Crippen LogP contribution in [-0.2, 0) is 19.1 Å². The monoisotopic (exact) mass is 339 g/mol. The fraction of sp³-hybridized carbons (Fsp3) is 0.750. The molecule has 2 N–H and O–H groups in total. The SMILES string of the molecule is C[C@H](OC(=O)CN1C(=O)NC(C)(C)C1=O)C(=O)NC1CCCCC1. The smallest absolute Gasteiger partial charge is 0.327 e. The highest BCUT2D eigenvalue weighted by Crippen LogP contribution is 2.18. The van der Waals surface area contributed by atoms with Crippen LogP contribution in [0.2, 0.25) is 0 Å². The number of imide groups is 1. The number of hydrogen-bond acceptors (Lipinski definition) is 5. The molecule has 0 aromatic rings. The summed E-state index contributed by atoms with van der Waals surface area (Å²) in [5.74, 6) is -1.64. The summed E-state index contributed by atoms with van der Waals surface area (Å²) in [7, 11) is 0. The van der Waals surface area contributed by atoms with Crippen molar-refractivity contribution in [2.45, 2.75) is 70.6 Å². The molecule has 1 heterocycles. The third-order valence-corrected chi connectivity index (χ3v) is 4.36. The van der Waals surface area contributed by atoms with E-state index in [0.29, 0.717) is 0 Å². The van der Waals surface area contributed by atoms with Crippen LogP contribution in [0, 0.1) is 0 Å². The second kappa shape index (κ2) is 7.19. The molecule has 2 rings (SSSR count). The van der Waals surface area contributed by atoms with E-state index in [1.807, 2.05) is 0 Å². The molecule has 0 radical (unpaired) electrons. The van der Waals surface area contributed by atoms with Crippen LogP contribution < -0.4 is 10.6 Å². The maximum absolute atomic E-state index is 12.1. The van der Waals surface area contributed by atoms with Gasteiger partial charge < -0.3 is 15.4 Å². The molecule has 8 nitrogen and oxygen atoms in total. The molecule has 1 saturated carbocycles. The quantitative estimate of drug-likeness (QED) is 0.566. The number of carbonyl (C=O) groups is 4. The lowest BCUT2D eigenvalue weighted by molar-refractivity contribution is -0.156. The molecule has 0 spiro atoms. The van der Waals surface area contributed by atoms with E-state index >= 15 is 0 Å². The second-order valence-corrected chi connectivity index (χ2v) is 6.92. The minimum Gasteiger partial charge on any atom is -0.451 e. The maximum Gasteiger partial charge on any atom is 0.327 e. The summed E-state index contributed by atoms with van der Waals surface area (Å²) in [5, 5.41) is 5.35. The molecule has 2 aliphatic rings. The number of nitrogens with zero attached hydrogens (tertiary/aromatic N) is 1. The van der Waals surface area contributed by atoms with Crippen molar-refractivity contribution in [2.75, 3.05) is 6.54 Å². The van der Waals surface area contributed by atoms with Crippen LogP contribution in [0.15, 0.2) is 0 Å². The lowest BCUT2D eigenvalue weighted by atomic mass is 9.95. The molecule has 1 aliphatic heterocycles. The number of nitrogens with one attached hydrogen (secondary N) is 2. The highest BCUT2D eigenvalue weighted by atomic mass is 16.5. The Kier molecular flexibility index (Phi) is 5.46. The molecule has 134 valence electrons. The molecular weight excluding hydrogens is 314 g/mol. The van der Waals surface area contributed by atoms with Gasteiger partial charge in [-0.05, 0) is 33.6 Å². The normalized spacial score (nSPS) is 22.0. The molecule has 4 amide bonds. The third-order valence-electron chi connectivity index (χ3n) is 4.36. The first-order chi connectivity index (χ1) is 11.2. The number of rotatable bonds is 5. The number of hydrogen-bond donors (Lipinski definition) is 2. The highest BCUT2D eigenvalue weighted by molar-refractivity contribution is 6.08. The third kappa shape index (κ3) is 4.24. The predicted molar refractivity (Wildman–Crippen MR) is 84.9 cm³/mol. The van der Waals surface area contributed by atoms with Gasteiger partial charge >= 0.3 is 12.0 Å². The van der Waals surface area contributed by atoms with Crippen LogP contribution in [0.4, 0.5) is 4.79 Å². The lowest BCUT2D eigenvalue weighted by Crippen LogP contribution is -2.44. The van der Waals surface area contributed by atoms with Gasteiger partial charge in [0, 0.05) is 6.04 Å². The summed E-state index contributed by atoms with van der Waals surface area (Å²) >= 11 is 0. The first kappa shape index (κ1) is 18.2. The van der Waals surface area contributed by atoms with Gasteiger partial charge in [0.15, 0.2) is 6.10 Å². The van der Waals surface area contributed by atoms with E-state index in [2.05, 4.69) is 10.6 Å². The number of esters is 1. The molecule has 1 atom stereocenters. The average Bonchev–Trinajstić information content (AvgIpc) is 2.70. The summed E-state index contributed by atoms with van der Waals surface area (Å²) in [5.41, 5.74) is -1.04. The lowest BCUT2D eigenvalue weighted by Gasteiger charge is -2.24. The Morgan fingerprint density at radius 3 is 2.46 bits per heavy atom. The molecule has 8 heteroatoms. The van der Waals surface area contributed by atoms with Crippen LogP contribution in [0.5, 0.6) is 0 Å². The van der Waals surface area contributed by atoms with E-state index in [1.165, 1.54) is 13.3 Å². The molecule has 24 heavy (non-hydrogen) atoms. The minimum atomic E-state index is -1.04. The van der Waals surface area contributed by atoms with Gasteiger partial charge in [0.05, 0.1) is 0 Å². The first-order valence-electron chi connectivity index (χ1n) is 8.34. The van der Waals surface area contributed by atoms with Gasteiger partial charge in [-0.1, -0.05) is 19.3 Å². The summed E-state index contributed by atoms with van der Waals surface area (Å²) in [4.78, 5) is 48.5. The van der Waals surface area contributed by atoms with Crippen LogP contribution in [0.25, 0.3) is 0 Å². The van der Waals surface area contributed by atoms with Crippen molar-refractivity contribution < 1.29 is 23.9 Å². The summed E-state index contributed by atoms with van der Waals surface area (Å²) in [6.45, 7) is 4.08.